The van der Waals surface area contributed by atoms with Gasteiger partial charge in [0.05, 0.1) is 12.7 Å². The van der Waals surface area contributed by atoms with Crippen LogP contribution in [-0.4, -0.2) is 50.1 Å². The summed E-state index contributed by atoms with van der Waals surface area (Å²) in [7, 11) is 1.35. The summed E-state index contributed by atoms with van der Waals surface area (Å²) in [5, 5.41) is 3.76. The molecule has 0 saturated carbocycles. The molecule has 0 aromatic heterocycles. The summed E-state index contributed by atoms with van der Waals surface area (Å²) in [6.45, 7) is 2.45. The number of carbonyl (C=O) groups excluding carboxylic acids is 2. The Morgan fingerprint density at radius 3 is 2.14 bits per heavy atom. The van der Waals surface area contributed by atoms with Gasteiger partial charge >= 0.3 is 12.1 Å². The van der Waals surface area contributed by atoms with E-state index < -0.39 is 23.8 Å². The highest BCUT2D eigenvalue weighted by molar-refractivity contribution is 6.35. The summed E-state index contributed by atoms with van der Waals surface area (Å²) < 4.78 is 44.1. The number of benzene rings is 4. The fourth-order valence-corrected chi connectivity index (χ4v) is 5.78. The first-order valence-electron chi connectivity index (χ1n) is 13.7. The number of amides is 1. The van der Waals surface area contributed by atoms with Crippen molar-refractivity contribution >= 4 is 46.5 Å². The average Bonchev–Trinajstić information content (AvgIpc) is 3.02. The van der Waals surface area contributed by atoms with E-state index in [-0.39, 0.29) is 5.91 Å². The lowest BCUT2D eigenvalue weighted by Gasteiger charge is -2.39. The maximum atomic E-state index is 13.2. The number of hydrogen-bond donors (Lipinski definition) is 1. The topological polar surface area (TPSA) is 61.9 Å². The Hall–Kier alpha value is -4.05. The molecule has 0 spiro atoms. The number of esters is 1. The number of alkyl halides is 3. The number of ether oxygens (including phenoxy) is 1. The summed E-state index contributed by atoms with van der Waals surface area (Å²) in [6.07, 6.45) is -4.44. The lowest BCUT2D eigenvalue weighted by molar-refractivity contribution is -0.147. The second kappa shape index (κ2) is 13.3. The molecule has 1 atom stereocenters. The second-order valence-electron chi connectivity index (χ2n) is 10.2. The highest BCUT2D eigenvalue weighted by Gasteiger charge is 2.33. The molecule has 1 aliphatic heterocycles. The fraction of sp³-hybridized carbons (Fsp3) is 0.212. The van der Waals surface area contributed by atoms with Gasteiger partial charge in [0, 0.05) is 53.2 Å². The average molecular weight is 643 g/mol. The predicted molar refractivity (Wildman–Crippen MR) is 166 cm³/mol. The number of hydrogen-bond acceptors (Lipinski definition) is 5. The maximum absolute atomic E-state index is 13.2. The van der Waals surface area contributed by atoms with Crippen LogP contribution in [0.4, 0.5) is 24.5 Å². The van der Waals surface area contributed by atoms with Gasteiger partial charge in [-0.3, -0.25) is 9.69 Å². The molecule has 0 radical (unpaired) electrons. The first-order chi connectivity index (χ1) is 21.0. The van der Waals surface area contributed by atoms with Crippen LogP contribution in [0.5, 0.6) is 0 Å². The number of nitrogens with zero attached hydrogens (tertiary/aromatic N) is 2. The van der Waals surface area contributed by atoms with Gasteiger partial charge in [-0.2, -0.15) is 13.2 Å². The number of piperazine rings is 1. The summed E-state index contributed by atoms with van der Waals surface area (Å²) in [6, 6.07) is 23.3. The van der Waals surface area contributed by atoms with E-state index in [2.05, 4.69) is 10.2 Å². The van der Waals surface area contributed by atoms with Crippen molar-refractivity contribution in [3.05, 3.63) is 118 Å². The Morgan fingerprint density at radius 1 is 0.864 bits per heavy atom. The Bertz CT molecular complexity index is 1640. The van der Waals surface area contributed by atoms with Crippen molar-refractivity contribution in [2.45, 2.75) is 12.2 Å². The van der Waals surface area contributed by atoms with Crippen LogP contribution >= 0.6 is 23.2 Å². The van der Waals surface area contributed by atoms with E-state index in [0.717, 1.165) is 17.8 Å². The number of halogens is 5. The summed E-state index contributed by atoms with van der Waals surface area (Å²) in [5.41, 5.74) is 2.78. The first kappa shape index (κ1) is 31.4. The minimum atomic E-state index is -4.44. The van der Waals surface area contributed by atoms with Crippen LogP contribution in [0.2, 0.25) is 10.0 Å². The number of rotatable bonds is 7. The standard InChI is InChI=1S/C33H28Cl2F3N3O3/c1-44-32(43)30(28-15-10-23(34)20-29(28)35)41-18-16-40(17-19-41)25-13-11-24(12-14-25)39-31(42)27-5-3-2-4-26(27)21-6-8-22(9-7-21)33(36,37)38/h2-15,20,30H,16-19H2,1H3,(H,39,42). The molecule has 4 aromatic rings. The van der Waals surface area contributed by atoms with E-state index in [1.54, 1.807) is 54.6 Å². The van der Waals surface area contributed by atoms with Crippen molar-refractivity contribution in [2.75, 3.05) is 43.5 Å². The Kier molecular flexibility index (Phi) is 9.48. The van der Waals surface area contributed by atoms with Crippen molar-refractivity contribution in [1.82, 2.24) is 4.90 Å². The third kappa shape index (κ3) is 7.01. The van der Waals surface area contributed by atoms with Crippen LogP contribution in [0, 0.1) is 0 Å². The molecule has 1 heterocycles. The van der Waals surface area contributed by atoms with Gasteiger partial charge in [-0.25, -0.2) is 4.79 Å². The molecule has 1 amide bonds. The molecule has 1 N–H and O–H groups in total. The molecule has 0 aliphatic carbocycles. The quantitative estimate of drug-likeness (QED) is 0.207. The van der Waals surface area contributed by atoms with E-state index in [0.29, 0.717) is 64.2 Å². The zero-order valence-electron chi connectivity index (χ0n) is 23.6. The molecule has 0 bridgehead atoms. The molecule has 4 aromatic carbocycles. The van der Waals surface area contributed by atoms with Gasteiger partial charge in [0.1, 0.15) is 6.04 Å². The van der Waals surface area contributed by atoms with E-state index in [1.165, 1.54) is 19.2 Å². The van der Waals surface area contributed by atoms with Crippen molar-refractivity contribution in [3.63, 3.8) is 0 Å². The lowest BCUT2D eigenvalue weighted by Crippen LogP contribution is -2.49. The monoisotopic (exact) mass is 641 g/mol. The highest BCUT2D eigenvalue weighted by atomic mass is 35.5. The van der Waals surface area contributed by atoms with Gasteiger partial charge < -0.3 is 15.0 Å². The Morgan fingerprint density at radius 2 is 1.52 bits per heavy atom. The highest BCUT2D eigenvalue weighted by Crippen LogP contribution is 2.34. The van der Waals surface area contributed by atoms with Gasteiger partial charge in [0.15, 0.2) is 0 Å². The van der Waals surface area contributed by atoms with Crippen LogP contribution in [0.3, 0.4) is 0 Å². The Balaban J connectivity index is 1.24. The fourth-order valence-electron chi connectivity index (χ4n) is 5.27. The van der Waals surface area contributed by atoms with Crippen molar-refractivity contribution in [1.29, 1.82) is 0 Å². The van der Waals surface area contributed by atoms with Crippen molar-refractivity contribution in [2.24, 2.45) is 0 Å². The molecule has 228 valence electrons. The van der Waals surface area contributed by atoms with Gasteiger partial charge in [-0.15, -0.1) is 0 Å². The molecular weight excluding hydrogens is 614 g/mol. The number of carbonyl (C=O) groups is 2. The predicted octanol–water partition coefficient (Wildman–Crippen LogP) is 7.97. The smallest absolute Gasteiger partial charge is 0.416 e. The van der Waals surface area contributed by atoms with E-state index >= 15 is 0 Å². The lowest BCUT2D eigenvalue weighted by atomic mass is 9.98. The van der Waals surface area contributed by atoms with Crippen molar-refractivity contribution in [3.8, 4) is 11.1 Å². The van der Waals surface area contributed by atoms with E-state index in [9.17, 15) is 22.8 Å². The number of nitrogens with one attached hydrogen (secondary N) is 1. The third-order valence-electron chi connectivity index (χ3n) is 7.55. The van der Waals surface area contributed by atoms with Crippen LogP contribution in [0.1, 0.15) is 27.5 Å². The van der Waals surface area contributed by atoms with Gasteiger partial charge in [-0.05, 0) is 71.3 Å². The van der Waals surface area contributed by atoms with Crippen molar-refractivity contribution < 1.29 is 27.5 Å². The summed E-state index contributed by atoms with van der Waals surface area (Å²) in [5.74, 6) is -0.778. The van der Waals surface area contributed by atoms with Crippen LogP contribution in [0.25, 0.3) is 11.1 Å². The molecule has 44 heavy (non-hydrogen) atoms. The normalized spacial score (nSPS) is 14.6. The molecule has 11 heteroatoms. The van der Waals surface area contributed by atoms with Crippen LogP contribution in [-0.2, 0) is 15.7 Å². The van der Waals surface area contributed by atoms with Gasteiger partial charge in [0.2, 0.25) is 0 Å². The molecular formula is C33H28Cl2F3N3O3. The first-order valence-corrected chi connectivity index (χ1v) is 14.5. The summed E-state index contributed by atoms with van der Waals surface area (Å²) in [4.78, 5) is 30.1. The zero-order valence-corrected chi connectivity index (χ0v) is 25.1. The molecule has 1 aliphatic rings. The minimum Gasteiger partial charge on any atom is -0.468 e. The zero-order chi connectivity index (χ0) is 31.4. The van der Waals surface area contributed by atoms with Crippen LogP contribution < -0.4 is 10.2 Å². The van der Waals surface area contributed by atoms with E-state index in [4.69, 9.17) is 27.9 Å². The second-order valence-corrected chi connectivity index (χ2v) is 11.1. The van der Waals surface area contributed by atoms with Gasteiger partial charge in [-0.1, -0.05) is 59.6 Å². The molecule has 1 saturated heterocycles. The SMILES string of the molecule is COC(=O)C(c1ccc(Cl)cc1Cl)N1CCN(c2ccc(NC(=O)c3ccccc3-c3ccc(C(F)(F)F)cc3)cc2)CC1. The third-order valence-corrected chi connectivity index (χ3v) is 8.11. The molecule has 1 fully saturated rings. The van der Waals surface area contributed by atoms with Gasteiger partial charge in [0.25, 0.3) is 5.91 Å². The number of methoxy groups -OCH3 is 1. The number of anilines is 2. The van der Waals surface area contributed by atoms with Crippen LogP contribution in [0.15, 0.2) is 91.0 Å². The van der Waals surface area contributed by atoms with E-state index in [1.807, 2.05) is 17.0 Å². The summed E-state index contributed by atoms with van der Waals surface area (Å²) >= 11 is 12.5. The maximum Gasteiger partial charge on any atom is 0.416 e. The largest absolute Gasteiger partial charge is 0.468 e. The molecule has 5 rings (SSSR count). The molecule has 1 unspecified atom stereocenters. The molecule has 6 nitrogen and oxygen atoms in total. The minimum absolute atomic E-state index is 0.341. The Labute approximate surface area is 262 Å².